The van der Waals surface area contributed by atoms with Crippen LogP contribution >= 0.6 is 0 Å². The first-order valence-corrected chi connectivity index (χ1v) is 8.86. The van der Waals surface area contributed by atoms with Crippen molar-refractivity contribution < 1.29 is 12.8 Å². The van der Waals surface area contributed by atoms with Crippen molar-refractivity contribution in [2.24, 2.45) is 5.92 Å². The number of benzene rings is 1. The molecule has 0 saturated heterocycles. The highest BCUT2D eigenvalue weighted by atomic mass is 32.2. The summed E-state index contributed by atoms with van der Waals surface area (Å²) >= 11 is 0. The highest BCUT2D eigenvalue weighted by Gasteiger charge is 2.51. The average Bonchev–Trinajstić information content (AvgIpc) is 3.13. The molecule has 1 aliphatic carbocycles. The van der Waals surface area contributed by atoms with Crippen LogP contribution in [0.25, 0.3) is 0 Å². The fraction of sp³-hybridized carbons (Fsp3) is 0.400. The van der Waals surface area contributed by atoms with Crippen molar-refractivity contribution in [3.8, 4) is 6.07 Å². The molecule has 0 radical (unpaired) electrons. The summed E-state index contributed by atoms with van der Waals surface area (Å²) in [6.07, 6.45) is -0.851. The third-order valence-electron chi connectivity index (χ3n) is 4.38. The molecule has 0 N–H and O–H groups in total. The number of nitriles is 1. The van der Waals surface area contributed by atoms with Crippen molar-refractivity contribution in [2.75, 3.05) is 0 Å². The van der Waals surface area contributed by atoms with E-state index < -0.39 is 27.2 Å². The number of rotatable bonds is 3. The number of sulfone groups is 1. The number of alkyl halides is 1. The van der Waals surface area contributed by atoms with Gasteiger partial charge in [-0.1, -0.05) is 30.3 Å². The summed E-state index contributed by atoms with van der Waals surface area (Å²) in [5.41, 5.74) is 0.865. The molecule has 0 spiro atoms. The molecule has 118 valence electrons. The lowest BCUT2D eigenvalue weighted by molar-refractivity contribution is 0.326. The minimum absolute atomic E-state index is 0.0478. The normalized spacial score (nSPS) is 29.0. The first kappa shape index (κ1) is 14.3. The minimum atomic E-state index is -3.77. The molecule has 1 saturated carbocycles. The monoisotopic (exact) mass is 332 g/mol. The maximum absolute atomic E-state index is 14.2. The number of hydrogen-bond donors (Lipinski definition) is 0. The first-order chi connectivity index (χ1) is 11.0. The Kier molecular flexibility index (Phi) is 3.03. The molecular formula is C15H13FN4O2S. The van der Waals surface area contributed by atoms with Crippen LogP contribution in [0.1, 0.15) is 36.4 Å². The van der Waals surface area contributed by atoms with E-state index in [0.717, 1.165) is 5.56 Å². The smallest absolute Gasteiger partial charge is 0.239 e. The molecule has 0 amide bonds. The van der Waals surface area contributed by atoms with Crippen molar-refractivity contribution in [1.82, 2.24) is 14.8 Å². The number of halogens is 1. The number of fused-ring (bicyclic) bond motifs is 1. The predicted octanol–water partition coefficient (Wildman–Crippen LogP) is 1.97. The molecule has 0 bridgehead atoms. The van der Waals surface area contributed by atoms with Gasteiger partial charge in [-0.15, -0.1) is 5.10 Å². The Balaban J connectivity index is 1.73. The van der Waals surface area contributed by atoms with E-state index in [-0.39, 0.29) is 23.4 Å². The van der Waals surface area contributed by atoms with Crippen LogP contribution in [-0.4, -0.2) is 28.4 Å². The summed E-state index contributed by atoms with van der Waals surface area (Å²) in [4.78, 5) is 3.93. The summed E-state index contributed by atoms with van der Waals surface area (Å²) < 4.78 is 40.4. The van der Waals surface area contributed by atoms with Gasteiger partial charge in [-0.2, -0.15) is 10.2 Å². The first-order valence-electron chi connectivity index (χ1n) is 7.31. The van der Waals surface area contributed by atoms with Crippen molar-refractivity contribution >= 4 is 9.84 Å². The zero-order chi connectivity index (χ0) is 16.2. The van der Waals surface area contributed by atoms with Crippen LogP contribution in [0, 0.1) is 17.2 Å². The van der Waals surface area contributed by atoms with Crippen LogP contribution in [0.2, 0.25) is 0 Å². The fourth-order valence-corrected chi connectivity index (χ4v) is 4.67. The van der Waals surface area contributed by atoms with E-state index in [9.17, 15) is 12.8 Å². The van der Waals surface area contributed by atoms with Gasteiger partial charge in [0.05, 0.1) is 23.3 Å². The SMILES string of the molecule is N#C[C@@H]1C[C@@H]1S(=O)(=O)c1nc2n(n1)[C@H](c1ccccc1)C[C@@H]2F. The Morgan fingerprint density at radius 3 is 2.65 bits per heavy atom. The molecule has 2 aliphatic rings. The number of hydrogen-bond acceptors (Lipinski definition) is 5. The zero-order valence-corrected chi connectivity index (χ0v) is 12.8. The number of nitrogens with zero attached hydrogens (tertiary/aromatic N) is 4. The molecule has 0 unspecified atom stereocenters. The van der Waals surface area contributed by atoms with E-state index in [4.69, 9.17) is 5.26 Å². The molecule has 1 aliphatic heterocycles. The quantitative estimate of drug-likeness (QED) is 0.857. The topological polar surface area (TPSA) is 88.6 Å². The van der Waals surface area contributed by atoms with E-state index in [0.29, 0.717) is 6.42 Å². The van der Waals surface area contributed by atoms with Crippen LogP contribution in [0.4, 0.5) is 4.39 Å². The largest absolute Gasteiger partial charge is 0.267 e. The summed E-state index contributed by atoms with van der Waals surface area (Å²) in [7, 11) is -3.77. The van der Waals surface area contributed by atoms with Gasteiger partial charge in [-0.25, -0.2) is 17.5 Å². The van der Waals surface area contributed by atoms with Gasteiger partial charge in [0.2, 0.25) is 9.84 Å². The Hall–Kier alpha value is -2.27. The van der Waals surface area contributed by atoms with Gasteiger partial charge in [0.1, 0.15) is 0 Å². The Bertz CT molecular complexity index is 903. The molecule has 1 aromatic heterocycles. The van der Waals surface area contributed by atoms with Crippen LogP contribution in [0.15, 0.2) is 35.5 Å². The summed E-state index contributed by atoms with van der Waals surface area (Å²) in [6, 6.07) is 10.8. The lowest BCUT2D eigenvalue weighted by atomic mass is 10.0. The molecule has 4 rings (SSSR count). The van der Waals surface area contributed by atoms with Gasteiger partial charge in [-0.05, 0) is 12.0 Å². The van der Waals surface area contributed by atoms with Crippen LogP contribution in [0.3, 0.4) is 0 Å². The molecular weight excluding hydrogens is 319 g/mol. The van der Waals surface area contributed by atoms with E-state index in [1.54, 1.807) is 0 Å². The Morgan fingerprint density at radius 2 is 2.00 bits per heavy atom. The third-order valence-corrected chi connectivity index (χ3v) is 6.38. The van der Waals surface area contributed by atoms with E-state index in [1.165, 1.54) is 4.68 Å². The van der Waals surface area contributed by atoms with Crippen LogP contribution < -0.4 is 0 Å². The Morgan fingerprint density at radius 1 is 1.26 bits per heavy atom. The molecule has 4 atom stereocenters. The van der Waals surface area contributed by atoms with Crippen molar-refractivity contribution in [2.45, 2.75) is 35.5 Å². The fourth-order valence-electron chi connectivity index (χ4n) is 3.02. The van der Waals surface area contributed by atoms with Crippen molar-refractivity contribution in [1.29, 1.82) is 5.26 Å². The molecule has 1 aromatic carbocycles. The third kappa shape index (κ3) is 2.15. The van der Waals surface area contributed by atoms with E-state index in [1.807, 2.05) is 36.4 Å². The molecule has 2 heterocycles. The average molecular weight is 332 g/mol. The highest BCUT2D eigenvalue weighted by molar-refractivity contribution is 7.92. The standard InChI is InChI=1S/C15H13FN4O2S/c16-11-7-12(9-4-2-1-3-5-9)20-14(11)18-15(19-20)23(21,22)13-6-10(13)8-17/h1-5,10-13H,6-7H2/t10-,11-,12-,13-/m0/s1. The van der Waals surface area contributed by atoms with Gasteiger partial charge < -0.3 is 0 Å². The Labute approximate surface area is 132 Å². The molecule has 6 nitrogen and oxygen atoms in total. The zero-order valence-electron chi connectivity index (χ0n) is 12.0. The van der Waals surface area contributed by atoms with Crippen LogP contribution in [0.5, 0.6) is 0 Å². The maximum atomic E-state index is 14.2. The van der Waals surface area contributed by atoms with E-state index >= 15 is 0 Å². The predicted molar refractivity (Wildman–Crippen MR) is 77.8 cm³/mol. The van der Waals surface area contributed by atoms with Crippen molar-refractivity contribution in [3.05, 3.63) is 41.7 Å². The van der Waals surface area contributed by atoms with Crippen LogP contribution in [-0.2, 0) is 9.84 Å². The lowest BCUT2D eigenvalue weighted by Crippen LogP contribution is -2.13. The highest BCUT2D eigenvalue weighted by Crippen LogP contribution is 2.42. The van der Waals surface area contributed by atoms with Gasteiger partial charge >= 0.3 is 0 Å². The minimum Gasteiger partial charge on any atom is -0.239 e. The lowest BCUT2D eigenvalue weighted by Gasteiger charge is -2.11. The second-order valence-corrected chi connectivity index (χ2v) is 7.94. The van der Waals surface area contributed by atoms with E-state index in [2.05, 4.69) is 10.1 Å². The summed E-state index contributed by atoms with van der Waals surface area (Å²) in [5, 5.41) is 11.8. The second kappa shape index (κ2) is 4.86. The number of aromatic nitrogens is 3. The second-order valence-electron chi connectivity index (χ2n) is 5.88. The van der Waals surface area contributed by atoms with Gasteiger partial charge in [0, 0.05) is 6.42 Å². The maximum Gasteiger partial charge on any atom is 0.267 e. The van der Waals surface area contributed by atoms with Gasteiger partial charge in [0.15, 0.2) is 12.0 Å². The van der Waals surface area contributed by atoms with Gasteiger partial charge in [-0.3, -0.25) is 0 Å². The summed E-state index contributed by atoms with van der Waals surface area (Å²) in [6.45, 7) is 0. The van der Waals surface area contributed by atoms with Crippen molar-refractivity contribution in [3.63, 3.8) is 0 Å². The van der Waals surface area contributed by atoms with Gasteiger partial charge in [0.25, 0.3) is 5.16 Å². The molecule has 23 heavy (non-hydrogen) atoms. The molecule has 2 aromatic rings. The molecule has 1 fully saturated rings. The summed E-state index contributed by atoms with van der Waals surface area (Å²) in [5.74, 6) is -0.462. The molecule has 8 heteroatoms.